The molecule has 3 heteroatoms. The van der Waals surface area contributed by atoms with Gasteiger partial charge < -0.3 is 15.2 Å². The third-order valence-corrected chi connectivity index (χ3v) is 2.50. The molecule has 0 aliphatic carbocycles. The number of nitrogen functional groups attached to an aromatic ring is 1. The maximum atomic E-state index is 5.76. The molecule has 0 fully saturated rings. The minimum Gasteiger partial charge on any atom is -0.491 e. The summed E-state index contributed by atoms with van der Waals surface area (Å²) in [6.45, 7) is 4.47. The molecule has 0 saturated heterocycles. The van der Waals surface area contributed by atoms with E-state index in [1.54, 1.807) is 0 Å². The zero-order chi connectivity index (χ0) is 12.3. The van der Waals surface area contributed by atoms with Gasteiger partial charge in [-0.05, 0) is 18.6 Å². The Labute approximate surface area is 104 Å². The molecule has 0 bridgehead atoms. The van der Waals surface area contributed by atoms with Crippen molar-refractivity contribution in [1.29, 1.82) is 0 Å². The largest absolute Gasteiger partial charge is 0.491 e. The summed E-state index contributed by atoms with van der Waals surface area (Å²) in [5.41, 5.74) is 6.45. The molecule has 1 aromatic carbocycles. The van der Waals surface area contributed by atoms with Crippen LogP contribution in [0, 0.1) is 0 Å². The second-order valence-electron chi connectivity index (χ2n) is 4.06. The van der Waals surface area contributed by atoms with Crippen molar-refractivity contribution in [3.8, 4) is 5.75 Å². The van der Waals surface area contributed by atoms with Crippen molar-refractivity contribution in [2.45, 2.75) is 32.6 Å². The third kappa shape index (κ3) is 6.17. The average Bonchev–Trinajstić information content (AvgIpc) is 2.35. The minimum absolute atomic E-state index is 0.655. The molecule has 0 spiro atoms. The van der Waals surface area contributed by atoms with Gasteiger partial charge in [0.15, 0.2) is 0 Å². The molecule has 1 rings (SSSR count). The van der Waals surface area contributed by atoms with E-state index in [0.717, 1.165) is 31.8 Å². The SMILES string of the molecule is CCCCCOCCCOc1ccccc1N. The normalized spacial score (nSPS) is 10.4. The summed E-state index contributed by atoms with van der Waals surface area (Å²) in [7, 11) is 0. The summed E-state index contributed by atoms with van der Waals surface area (Å²) < 4.78 is 11.1. The van der Waals surface area contributed by atoms with Crippen molar-refractivity contribution in [1.82, 2.24) is 0 Å². The third-order valence-electron chi connectivity index (χ3n) is 2.50. The highest BCUT2D eigenvalue weighted by Crippen LogP contribution is 2.19. The molecule has 0 heterocycles. The van der Waals surface area contributed by atoms with E-state index >= 15 is 0 Å². The van der Waals surface area contributed by atoms with E-state index in [1.165, 1.54) is 12.8 Å². The van der Waals surface area contributed by atoms with Crippen molar-refractivity contribution in [2.75, 3.05) is 25.6 Å². The number of para-hydroxylation sites is 2. The predicted octanol–water partition coefficient (Wildman–Crippen LogP) is 3.24. The van der Waals surface area contributed by atoms with Crippen molar-refractivity contribution in [3.63, 3.8) is 0 Å². The van der Waals surface area contributed by atoms with Gasteiger partial charge in [-0.25, -0.2) is 0 Å². The fraction of sp³-hybridized carbons (Fsp3) is 0.571. The van der Waals surface area contributed by atoms with E-state index in [9.17, 15) is 0 Å². The molecule has 2 N–H and O–H groups in total. The maximum Gasteiger partial charge on any atom is 0.142 e. The van der Waals surface area contributed by atoms with Crippen molar-refractivity contribution in [3.05, 3.63) is 24.3 Å². The second-order valence-corrected chi connectivity index (χ2v) is 4.06. The van der Waals surface area contributed by atoms with Gasteiger partial charge in [-0.1, -0.05) is 31.9 Å². The van der Waals surface area contributed by atoms with E-state index in [2.05, 4.69) is 6.92 Å². The van der Waals surface area contributed by atoms with Crippen LogP contribution in [0.15, 0.2) is 24.3 Å². The Bertz CT molecular complexity index is 302. The summed E-state index contributed by atoms with van der Waals surface area (Å²) in [5, 5.41) is 0. The van der Waals surface area contributed by atoms with Gasteiger partial charge in [0.1, 0.15) is 5.75 Å². The molecule has 0 aliphatic rings. The number of rotatable bonds is 9. The summed E-state index contributed by atoms with van der Waals surface area (Å²) >= 11 is 0. The van der Waals surface area contributed by atoms with Crippen LogP contribution < -0.4 is 10.5 Å². The molecule has 0 amide bonds. The Morgan fingerprint density at radius 2 is 1.76 bits per heavy atom. The first-order valence-corrected chi connectivity index (χ1v) is 6.39. The van der Waals surface area contributed by atoms with Gasteiger partial charge in [0, 0.05) is 19.6 Å². The minimum atomic E-state index is 0.655. The highest BCUT2D eigenvalue weighted by Gasteiger charge is 1.97. The van der Waals surface area contributed by atoms with Crippen molar-refractivity contribution < 1.29 is 9.47 Å². The Kier molecular flexibility index (Phi) is 7.23. The Morgan fingerprint density at radius 3 is 2.53 bits per heavy atom. The van der Waals surface area contributed by atoms with Crippen LogP contribution in [-0.4, -0.2) is 19.8 Å². The lowest BCUT2D eigenvalue weighted by molar-refractivity contribution is 0.116. The molecule has 17 heavy (non-hydrogen) atoms. The number of hydrogen-bond acceptors (Lipinski definition) is 3. The Balaban J connectivity index is 1.99. The quantitative estimate of drug-likeness (QED) is 0.529. The van der Waals surface area contributed by atoms with Crippen LogP contribution in [0.2, 0.25) is 0 Å². The first-order valence-electron chi connectivity index (χ1n) is 6.39. The fourth-order valence-electron chi connectivity index (χ4n) is 1.51. The van der Waals surface area contributed by atoms with Gasteiger partial charge in [-0.15, -0.1) is 0 Å². The lowest BCUT2D eigenvalue weighted by Gasteiger charge is -2.08. The Morgan fingerprint density at radius 1 is 1.00 bits per heavy atom. The molecule has 3 nitrogen and oxygen atoms in total. The highest BCUT2D eigenvalue weighted by molar-refractivity contribution is 5.51. The summed E-state index contributed by atoms with van der Waals surface area (Å²) in [6.07, 6.45) is 4.54. The lowest BCUT2D eigenvalue weighted by atomic mass is 10.3. The van der Waals surface area contributed by atoms with Gasteiger partial charge in [0.05, 0.1) is 12.3 Å². The molecule has 0 unspecified atom stereocenters. The number of unbranched alkanes of at least 4 members (excludes halogenated alkanes) is 2. The highest BCUT2D eigenvalue weighted by atomic mass is 16.5. The van der Waals surface area contributed by atoms with Crippen LogP contribution in [0.25, 0.3) is 0 Å². The van der Waals surface area contributed by atoms with E-state index in [-0.39, 0.29) is 0 Å². The molecular formula is C14H23NO2. The molecule has 0 saturated carbocycles. The molecule has 1 aromatic rings. The van der Waals surface area contributed by atoms with Gasteiger partial charge in [-0.2, -0.15) is 0 Å². The molecular weight excluding hydrogens is 214 g/mol. The number of benzene rings is 1. The van der Waals surface area contributed by atoms with Gasteiger partial charge in [0.25, 0.3) is 0 Å². The van der Waals surface area contributed by atoms with E-state index in [4.69, 9.17) is 15.2 Å². The van der Waals surface area contributed by atoms with Crippen LogP contribution >= 0.6 is 0 Å². The first kappa shape index (κ1) is 13.8. The zero-order valence-electron chi connectivity index (χ0n) is 10.7. The first-order chi connectivity index (χ1) is 8.34. The molecule has 0 radical (unpaired) electrons. The standard InChI is InChI=1S/C14H23NO2/c1-2-3-6-10-16-11-7-12-17-14-9-5-4-8-13(14)15/h4-5,8-9H,2-3,6-7,10-12,15H2,1H3. The van der Waals surface area contributed by atoms with Gasteiger partial charge >= 0.3 is 0 Å². The van der Waals surface area contributed by atoms with Crippen LogP contribution in [-0.2, 0) is 4.74 Å². The fourth-order valence-corrected chi connectivity index (χ4v) is 1.51. The lowest BCUT2D eigenvalue weighted by Crippen LogP contribution is -2.05. The second kappa shape index (κ2) is 8.88. The molecule has 0 aliphatic heterocycles. The van der Waals surface area contributed by atoms with E-state index in [1.807, 2.05) is 24.3 Å². The van der Waals surface area contributed by atoms with Crippen molar-refractivity contribution >= 4 is 5.69 Å². The van der Waals surface area contributed by atoms with Crippen LogP contribution in [0.3, 0.4) is 0 Å². The molecule has 0 aromatic heterocycles. The van der Waals surface area contributed by atoms with Gasteiger partial charge in [0.2, 0.25) is 0 Å². The topological polar surface area (TPSA) is 44.5 Å². The summed E-state index contributed by atoms with van der Waals surface area (Å²) in [4.78, 5) is 0. The monoisotopic (exact) mass is 237 g/mol. The summed E-state index contributed by atoms with van der Waals surface area (Å²) in [5.74, 6) is 0.762. The van der Waals surface area contributed by atoms with E-state index < -0.39 is 0 Å². The van der Waals surface area contributed by atoms with Crippen LogP contribution in [0.5, 0.6) is 5.75 Å². The Hall–Kier alpha value is -1.22. The smallest absolute Gasteiger partial charge is 0.142 e. The van der Waals surface area contributed by atoms with Crippen LogP contribution in [0.4, 0.5) is 5.69 Å². The van der Waals surface area contributed by atoms with Crippen LogP contribution in [0.1, 0.15) is 32.6 Å². The number of anilines is 1. The number of nitrogens with two attached hydrogens (primary N) is 1. The predicted molar refractivity (Wildman–Crippen MR) is 71.3 cm³/mol. The molecule has 96 valence electrons. The number of hydrogen-bond donors (Lipinski definition) is 1. The van der Waals surface area contributed by atoms with Crippen molar-refractivity contribution in [2.24, 2.45) is 0 Å². The maximum absolute atomic E-state index is 5.76. The van der Waals surface area contributed by atoms with Gasteiger partial charge in [-0.3, -0.25) is 0 Å². The zero-order valence-corrected chi connectivity index (χ0v) is 10.7. The average molecular weight is 237 g/mol. The van der Waals surface area contributed by atoms with E-state index in [0.29, 0.717) is 12.3 Å². The summed E-state index contributed by atoms with van der Waals surface area (Å²) in [6, 6.07) is 7.56. The number of ether oxygens (including phenoxy) is 2. The molecule has 0 atom stereocenters.